The molecule has 0 bridgehead atoms. The first-order valence-electron chi connectivity index (χ1n) is 9.41. The Hall–Kier alpha value is -3.69. The molecule has 1 aromatic heterocycles. The number of ether oxygens (including phenoxy) is 2. The minimum absolute atomic E-state index is 0.207. The highest BCUT2D eigenvalue weighted by Gasteiger charge is 2.24. The van der Waals surface area contributed by atoms with Crippen molar-refractivity contribution in [1.82, 2.24) is 14.7 Å². The molecule has 0 atom stereocenters. The number of hydrogen-bond donors (Lipinski definition) is 1. The molecule has 2 amide bonds. The highest BCUT2D eigenvalue weighted by molar-refractivity contribution is 6.01. The number of benzene rings is 1. The van der Waals surface area contributed by atoms with Crippen LogP contribution >= 0.6 is 0 Å². The molecule has 30 heavy (non-hydrogen) atoms. The van der Waals surface area contributed by atoms with Gasteiger partial charge in [0.25, 0.3) is 5.56 Å². The van der Waals surface area contributed by atoms with E-state index in [1.165, 1.54) is 24.1 Å². The molecule has 1 aliphatic heterocycles. The van der Waals surface area contributed by atoms with Crippen molar-refractivity contribution in [3.05, 3.63) is 57.5 Å². The molecule has 1 aromatic carbocycles. The van der Waals surface area contributed by atoms with Crippen molar-refractivity contribution in [2.45, 2.75) is 26.4 Å². The minimum Gasteiger partial charge on any atom is -0.465 e. The number of para-hydroxylation sites is 1. The number of rotatable bonds is 5. The van der Waals surface area contributed by atoms with Crippen LogP contribution in [-0.2, 0) is 33.8 Å². The second-order valence-corrected chi connectivity index (χ2v) is 6.57. The van der Waals surface area contributed by atoms with Crippen molar-refractivity contribution in [2.24, 2.45) is 0 Å². The summed E-state index contributed by atoms with van der Waals surface area (Å²) in [6.45, 7) is 2.33. The monoisotopic (exact) mass is 414 g/mol. The zero-order valence-corrected chi connectivity index (χ0v) is 16.7. The van der Waals surface area contributed by atoms with Crippen molar-refractivity contribution in [2.75, 3.05) is 25.6 Å². The molecule has 0 saturated carbocycles. The van der Waals surface area contributed by atoms with Crippen LogP contribution < -0.4 is 10.9 Å². The lowest BCUT2D eigenvalue weighted by Crippen LogP contribution is -2.39. The number of anilines is 1. The summed E-state index contributed by atoms with van der Waals surface area (Å²) in [5, 5.41) is 6.89. The van der Waals surface area contributed by atoms with Crippen LogP contribution in [0.5, 0.6) is 0 Å². The summed E-state index contributed by atoms with van der Waals surface area (Å²) in [6, 6.07) is 7.79. The molecule has 0 saturated heterocycles. The average Bonchev–Trinajstić information content (AvgIpc) is 2.74. The van der Waals surface area contributed by atoms with Gasteiger partial charge in [-0.3, -0.25) is 9.59 Å². The molecule has 0 unspecified atom stereocenters. The van der Waals surface area contributed by atoms with Crippen LogP contribution in [0.2, 0.25) is 0 Å². The minimum atomic E-state index is -0.582. The maximum atomic E-state index is 12.4. The van der Waals surface area contributed by atoms with Crippen LogP contribution in [0, 0.1) is 0 Å². The number of amides is 2. The largest absolute Gasteiger partial charge is 0.465 e. The molecule has 3 rings (SSSR count). The standard InChI is InChI=1S/C20H22N4O6/c1-3-30-20(28)23-9-8-15-13(11-23)10-18(26)24(22-15)12-17(25)21-16-7-5-4-6-14(16)19(27)29-2/h4-7,10H,3,8-9,11-12H2,1-2H3,(H,21,25). The van der Waals surface area contributed by atoms with Gasteiger partial charge in [-0.05, 0) is 19.1 Å². The molecule has 0 radical (unpaired) electrons. The zero-order chi connectivity index (χ0) is 21.7. The van der Waals surface area contributed by atoms with Crippen LogP contribution in [0.4, 0.5) is 10.5 Å². The van der Waals surface area contributed by atoms with Crippen LogP contribution in [0.15, 0.2) is 35.1 Å². The molecule has 0 fully saturated rings. The fourth-order valence-electron chi connectivity index (χ4n) is 3.13. The van der Waals surface area contributed by atoms with Gasteiger partial charge in [-0.25, -0.2) is 14.3 Å². The number of carbonyl (C=O) groups excluding carboxylic acids is 3. The molecule has 0 spiro atoms. The molecule has 158 valence electrons. The van der Waals surface area contributed by atoms with E-state index < -0.39 is 23.5 Å². The van der Waals surface area contributed by atoms with Crippen molar-refractivity contribution in [1.29, 1.82) is 0 Å². The fourth-order valence-corrected chi connectivity index (χ4v) is 3.13. The zero-order valence-electron chi connectivity index (χ0n) is 16.7. The second-order valence-electron chi connectivity index (χ2n) is 6.57. The maximum absolute atomic E-state index is 12.4. The number of fused-ring (bicyclic) bond motifs is 1. The molecular formula is C20H22N4O6. The molecule has 1 aliphatic rings. The van der Waals surface area contributed by atoms with Crippen molar-refractivity contribution in [3.8, 4) is 0 Å². The Morgan fingerprint density at radius 1 is 1.23 bits per heavy atom. The highest BCUT2D eigenvalue weighted by Crippen LogP contribution is 2.17. The number of nitrogens with zero attached hydrogens (tertiary/aromatic N) is 3. The van der Waals surface area contributed by atoms with E-state index in [0.29, 0.717) is 24.2 Å². The summed E-state index contributed by atoms with van der Waals surface area (Å²) in [4.78, 5) is 50.1. The number of hydrogen-bond acceptors (Lipinski definition) is 7. The van der Waals surface area contributed by atoms with Crippen molar-refractivity contribution >= 4 is 23.7 Å². The summed E-state index contributed by atoms with van der Waals surface area (Å²) in [5.74, 6) is -1.09. The van der Waals surface area contributed by atoms with Crippen LogP contribution in [0.1, 0.15) is 28.5 Å². The third-order valence-electron chi connectivity index (χ3n) is 4.57. The Bertz CT molecular complexity index is 1030. The summed E-state index contributed by atoms with van der Waals surface area (Å²) in [5.41, 5.74) is 1.31. The van der Waals surface area contributed by atoms with E-state index in [1.54, 1.807) is 25.1 Å². The van der Waals surface area contributed by atoms with Gasteiger partial charge in [0.2, 0.25) is 5.91 Å². The first-order chi connectivity index (χ1) is 14.4. The van der Waals surface area contributed by atoms with Crippen LogP contribution in [-0.4, -0.2) is 52.9 Å². The van der Waals surface area contributed by atoms with Gasteiger partial charge in [0, 0.05) is 24.6 Å². The highest BCUT2D eigenvalue weighted by atomic mass is 16.6. The van der Waals surface area contributed by atoms with Crippen molar-refractivity contribution < 1.29 is 23.9 Å². The predicted octanol–water partition coefficient (Wildman–Crippen LogP) is 1.18. The predicted molar refractivity (Wildman–Crippen MR) is 106 cm³/mol. The summed E-state index contributed by atoms with van der Waals surface area (Å²) in [7, 11) is 1.25. The summed E-state index contributed by atoms with van der Waals surface area (Å²) < 4.78 is 10.8. The van der Waals surface area contributed by atoms with Gasteiger partial charge in [0.15, 0.2) is 0 Å². The van der Waals surface area contributed by atoms with E-state index in [0.717, 1.165) is 4.68 Å². The molecule has 10 nitrogen and oxygen atoms in total. The normalized spacial score (nSPS) is 12.7. The van der Waals surface area contributed by atoms with E-state index in [2.05, 4.69) is 10.4 Å². The van der Waals surface area contributed by atoms with Gasteiger partial charge >= 0.3 is 12.1 Å². The van der Waals surface area contributed by atoms with Gasteiger partial charge in [-0.2, -0.15) is 5.10 Å². The lowest BCUT2D eigenvalue weighted by atomic mass is 10.1. The van der Waals surface area contributed by atoms with E-state index in [4.69, 9.17) is 9.47 Å². The first-order valence-corrected chi connectivity index (χ1v) is 9.41. The van der Waals surface area contributed by atoms with Gasteiger partial charge in [0.1, 0.15) is 6.54 Å². The van der Waals surface area contributed by atoms with Gasteiger partial charge < -0.3 is 19.7 Å². The Kier molecular flexibility index (Phi) is 6.45. The molecule has 10 heteroatoms. The van der Waals surface area contributed by atoms with Gasteiger partial charge in [0.05, 0.1) is 37.2 Å². The Morgan fingerprint density at radius 3 is 2.73 bits per heavy atom. The number of aromatic nitrogens is 2. The third kappa shape index (κ3) is 4.65. The Balaban J connectivity index is 1.73. The number of methoxy groups -OCH3 is 1. The molecule has 0 aliphatic carbocycles. The van der Waals surface area contributed by atoms with Gasteiger partial charge in [-0.15, -0.1) is 0 Å². The quantitative estimate of drug-likeness (QED) is 0.730. The number of nitrogens with one attached hydrogen (secondary N) is 1. The average molecular weight is 414 g/mol. The first kappa shape index (κ1) is 21.0. The van der Waals surface area contributed by atoms with E-state index in [1.807, 2.05) is 0 Å². The number of carbonyl (C=O) groups is 3. The Morgan fingerprint density at radius 2 is 2.00 bits per heavy atom. The fraction of sp³-hybridized carbons (Fsp3) is 0.350. The molecule has 1 N–H and O–H groups in total. The van der Waals surface area contributed by atoms with E-state index in [-0.39, 0.29) is 30.9 Å². The summed E-state index contributed by atoms with van der Waals surface area (Å²) >= 11 is 0. The lowest BCUT2D eigenvalue weighted by Gasteiger charge is -2.27. The lowest BCUT2D eigenvalue weighted by molar-refractivity contribution is -0.117. The molecule has 2 aromatic rings. The maximum Gasteiger partial charge on any atom is 0.410 e. The number of esters is 1. The third-order valence-corrected chi connectivity index (χ3v) is 4.57. The SMILES string of the molecule is CCOC(=O)N1CCc2nn(CC(=O)Nc3ccccc3C(=O)OC)c(=O)cc2C1. The molecular weight excluding hydrogens is 392 g/mol. The van der Waals surface area contributed by atoms with Crippen molar-refractivity contribution in [3.63, 3.8) is 0 Å². The van der Waals surface area contributed by atoms with Crippen LogP contribution in [0.3, 0.4) is 0 Å². The summed E-state index contributed by atoms with van der Waals surface area (Å²) in [6.07, 6.45) is 0.0114. The topological polar surface area (TPSA) is 120 Å². The van der Waals surface area contributed by atoms with Crippen LogP contribution in [0.25, 0.3) is 0 Å². The smallest absolute Gasteiger partial charge is 0.410 e. The van der Waals surface area contributed by atoms with E-state index in [9.17, 15) is 19.2 Å². The second kappa shape index (κ2) is 9.21. The Labute approximate surface area is 172 Å². The molecule has 2 heterocycles. The van der Waals surface area contributed by atoms with Gasteiger partial charge in [-0.1, -0.05) is 12.1 Å². The van der Waals surface area contributed by atoms with E-state index >= 15 is 0 Å².